The molecule has 0 aromatic rings. The molecule has 0 saturated carbocycles. The van der Waals surface area contributed by atoms with E-state index in [0.29, 0.717) is 6.04 Å². The van der Waals surface area contributed by atoms with Crippen LogP contribution in [0.25, 0.3) is 0 Å². The first-order valence-corrected chi connectivity index (χ1v) is 6.21. The Kier molecular flexibility index (Phi) is 4.36. The molecule has 0 aliphatic carbocycles. The number of carbonyl (C=O) groups excluding carboxylic acids is 1. The maximum absolute atomic E-state index is 11.6. The van der Waals surface area contributed by atoms with E-state index in [1.807, 2.05) is 13.8 Å². The van der Waals surface area contributed by atoms with Crippen LogP contribution in [0.1, 0.15) is 40.5 Å². The average Bonchev–Trinajstić information content (AvgIpc) is 2.23. The molecule has 0 spiro atoms. The molecule has 2 atom stereocenters. The topological polar surface area (TPSA) is 29.5 Å². The molecule has 1 aliphatic rings. The Morgan fingerprint density at radius 2 is 2.06 bits per heavy atom. The summed E-state index contributed by atoms with van der Waals surface area (Å²) in [7, 11) is 1.46. The summed E-state index contributed by atoms with van der Waals surface area (Å²) in [6, 6.07) is 0.567. The minimum absolute atomic E-state index is 0.113. The van der Waals surface area contributed by atoms with Crippen molar-refractivity contribution in [1.29, 1.82) is 0 Å². The molecule has 1 rings (SSSR count). The summed E-state index contributed by atoms with van der Waals surface area (Å²) in [5, 5.41) is 0. The van der Waals surface area contributed by atoms with Crippen LogP contribution in [-0.2, 0) is 9.53 Å². The van der Waals surface area contributed by atoms with Gasteiger partial charge in [0.15, 0.2) is 0 Å². The number of carbonyl (C=O) groups is 1. The number of piperidine rings is 1. The molecule has 0 amide bonds. The summed E-state index contributed by atoms with van der Waals surface area (Å²) < 4.78 is 4.85. The maximum atomic E-state index is 11.6. The van der Waals surface area contributed by atoms with E-state index in [1.54, 1.807) is 0 Å². The first kappa shape index (κ1) is 13.5. The molecule has 0 aromatic carbocycles. The smallest absolute Gasteiger partial charge is 0.312 e. The van der Waals surface area contributed by atoms with Gasteiger partial charge in [0.1, 0.15) is 0 Å². The number of likely N-dealkylation sites (tertiary alicyclic amines) is 1. The van der Waals surface area contributed by atoms with Crippen molar-refractivity contribution in [2.75, 3.05) is 20.2 Å². The van der Waals surface area contributed by atoms with E-state index in [9.17, 15) is 4.79 Å². The molecule has 2 unspecified atom stereocenters. The highest BCUT2D eigenvalue weighted by Gasteiger charge is 2.34. The Morgan fingerprint density at radius 1 is 1.44 bits per heavy atom. The predicted molar refractivity (Wildman–Crippen MR) is 65.2 cm³/mol. The van der Waals surface area contributed by atoms with E-state index < -0.39 is 5.41 Å². The van der Waals surface area contributed by atoms with Gasteiger partial charge in [-0.1, -0.05) is 6.92 Å². The number of ether oxygens (including phenoxy) is 1. The highest BCUT2D eigenvalue weighted by molar-refractivity contribution is 5.76. The molecule has 3 heteroatoms. The third-order valence-electron chi connectivity index (χ3n) is 3.84. The minimum atomic E-state index is -0.403. The van der Waals surface area contributed by atoms with Crippen LogP contribution in [0.4, 0.5) is 0 Å². The Labute approximate surface area is 99.1 Å². The van der Waals surface area contributed by atoms with Crippen molar-refractivity contribution in [3.05, 3.63) is 0 Å². The molecule has 94 valence electrons. The highest BCUT2D eigenvalue weighted by atomic mass is 16.5. The first-order chi connectivity index (χ1) is 7.38. The van der Waals surface area contributed by atoms with Crippen LogP contribution in [0, 0.1) is 11.3 Å². The van der Waals surface area contributed by atoms with Crippen LogP contribution in [0.2, 0.25) is 0 Å². The summed E-state index contributed by atoms with van der Waals surface area (Å²) in [6.45, 7) is 10.4. The third-order valence-corrected chi connectivity index (χ3v) is 3.84. The maximum Gasteiger partial charge on any atom is 0.312 e. The average molecular weight is 227 g/mol. The van der Waals surface area contributed by atoms with Crippen molar-refractivity contribution in [3.63, 3.8) is 0 Å². The Bertz CT molecular complexity index is 250. The second-order valence-corrected chi connectivity index (χ2v) is 5.71. The Hall–Kier alpha value is -0.570. The molecular weight excluding hydrogens is 202 g/mol. The number of hydrogen-bond donors (Lipinski definition) is 0. The van der Waals surface area contributed by atoms with Gasteiger partial charge in [0.25, 0.3) is 0 Å². The molecule has 1 heterocycles. The molecule has 3 nitrogen and oxygen atoms in total. The van der Waals surface area contributed by atoms with E-state index in [1.165, 1.54) is 20.0 Å². The lowest BCUT2D eigenvalue weighted by atomic mass is 9.87. The second kappa shape index (κ2) is 5.17. The van der Waals surface area contributed by atoms with E-state index in [-0.39, 0.29) is 5.97 Å². The van der Waals surface area contributed by atoms with Crippen molar-refractivity contribution >= 4 is 5.97 Å². The van der Waals surface area contributed by atoms with Gasteiger partial charge in [-0.05, 0) is 46.1 Å². The normalized spacial score (nSPS) is 27.8. The van der Waals surface area contributed by atoms with Crippen LogP contribution in [-0.4, -0.2) is 37.1 Å². The van der Waals surface area contributed by atoms with Crippen LogP contribution in [0.3, 0.4) is 0 Å². The lowest BCUT2D eigenvalue weighted by Crippen LogP contribution is -2.48. The highest BCUT2D eigenvalue weighted by Crippen LogP contribution is 2.27. The lowest BCUT2D eigenvalue weighted by Gasteiger charge is -2.41. The van der Waals surface area contributed by atoms with Gasteiger partial charge >= 0.3 is 5.97 Å². The summed E-state index contributed by atoms with van der Waals surface area (Å²) in [6.07, 6.45) is 2.54. The van der Waals surface area contributed by atoms with Gasteiger partial charge in [-0.3, -0.25) is 9.69 Å². The van der Waals surface area contributed by atoms with Gasteiger partial charge in [-0.15, -0.1) is 0 Å². The van der Waals surface area contributed by atoms with Crippen LogP contribution >= 0.6 is 0 Å². The quantitative estimate of drug-likeness (QED) is 0.693. The zero-order valence-corrected chi connectivity index (χ0v) is 11.2. The fourth-order valence-electron chi connectivity index (χ4n) is 2.49. The number of methoxy groups -OCH3 is 1. The van der Waals surface area contributed by atoms with Crippen molar-refractivity contribution < 1.29 is 9.53 Å². The molecule has 1 saturated heterocycles. The minimum Gasteiger partial charge on any atom is -0.469 e. The number of esters is 1. The molecule has 0 bridgehead atoms. The van der Waals surface area contributed by atoms with Crippen LogP contribution in [0.15, 0.2) is 0 Å². The molecule has 1 fully saturated rings. The molecule has 0 aromatic heterocycles. The number of rotatable bonds is 3. The SMILES string of the molecule is COC(=O)C(C)(C)CN1CCCC(C)C1C. The fraction of sp³-hybridized carbons (Fsp3) is 0.923. The molecule has 16 heavy (non-hydrogen) atoms. The number of hydrogen-bond acceptors (Lipinski definition) is 3. The second-order valence-electron chi connectivity index (χ2n) is 5.71. The monoisotopic (exact) mass is 227 g/mol. The van der Waals surface area contributed by atoms with E-state index in [0.717, 1.165) is 19.0 Å². The van der Waals surface area contributed by atoms with E-state index in [2.05, 4.69) is 18.7 Å². The fourth-order valence-corrected chi connectivity index (χ4v) is 2.49. The Balaban J connectivity index is 2.62. The Morgan fingerprint density at radius 3 is 2.62 bits per heavy atom. The molecule has 0 radical (unpaired) electrons. The summed E-state index contributed by atoms with van der Waals surface area (Å²) in [5.74, 6) is 0.611. The van der Waals surface area contributed by atoms with Crippen LogP contribution in [0.5, 0.6) is 0 Å². The van der Waals surface area contributed by atoms with E-state index in [4.69, 9.17) is 4.74 Å². The van der Waals surface area contributed by atoms with Gasteiger partial charge in [-0.2, -0.15) is 0 Å². The number of nitrogens with zero attached hydrogens (tertiary/aromatic N) is 1. The first-order valence-electron chi connectivity index (χ1n) is 6.21. The van der Waals surface area contributed by atoms with Gasteiger partial charge in [-0.25, -0.2) is 0 Å². The molecule has 1 aliphatic heterocycles. The van der Waals surface area contributed by atoms with Gasteiger partial charge in [0.2, 0.25) is 0 Å². The van der Waals surface area contributed by atoms with Crippen molar-refractivity contribution in [3.8, 4) is 0 Å². The lowest BCUT2D eigenvalue weighted by molar-refractivity contribution is -0.152. The molecule has 0 N–H and O–H groups in total. The van der Waals surface area contributed by atoms with Crippen LogP contribution < -0.4 is 0 Å². The largest absolute Gasteiger partial charge is 0.469 e. The van der Waals surface area contributed by atoms with Crippen molar-refractivity contribution in [2.45, 2.75) is 46.6 Å². The zero-order chi connectivity index (χ0) is 12.3. The van der Waals surface area contributed by atoms with Gasteiger partial charge in [0.05, 0.1) is 12.5 Å². The predicted octanol–water partition coefficient (Wildman–Crippen LogP) is 2.31. The third kappa shape index (κ3) is 2.97. The summed E-state index contributed by atoms with van der Waals surface area (Å²) in [5.41, 5.74) is -0.403. The molecular formula is C13H25NO2. The standard InChI is InChI=1S/C13H25NO2/c1-10-7-6-8-14(11(10)2)9-13(3,4)12(15)16-5/h10-11H,6-9H2,1-5H3. The van der Waals surface area contributed by atoms with Gasteiger partial charge in [0, 0.05) is 12.6 Å². The van der Waals surface area contributed by atoms with Gasteiger partial charge < -0.3 is 4.74 Å². The van der Waals surface area contributed by atoms with E-state index >= 15 is 0 Å². The van der Waals surface area contributed by atoms with Crippen molar-refractivity contribution in [2.24, 2.45) is 11.3 Å². The summed E-state index contributed by atoms with van der Waals surface area (Å²) >= 11 is 0. The zero-order valence-electron chi connectivity index (χ0n) is 11.2. The summed E-state index contributed by atoms with van der Waals surface area (Å²) in [4.78, 5) is 14.1. The van der Waals surface area contributed by atoms with Crippen molar-refractivity contribution in [1.82, 2.24) is 4.90 Å².